The molecule has 21 heavy (non-hydrogen) atoms. The van der Waals surface area contributed by atoms with E-state index in [0.29, 0.717) is 4.90 Å². The summed E-state index contributed by atoms with van der Waals surface area (Å²) in [5.41, 5.74) is 3.04. The van der Waals surface area contributed by atoms with Gasteiger partial charge in [0.2, 0.25) is 0 Å². The maximum absolute atomic E-state index is 11.5. The zero-order valence-corrected chi connectivity index (χ0v) is 13.1. The highest BCUT2D eigenvalue weighted by Gasteiger charge is 2.17. The van der Waals surface area contributed by atoms with Crippen LogP contribution in [0.5, 0.6) is 5.75 Å². The van der Waals surface area contributed by atoms with Crippen LogP contribution in [0.2, 0.25) is 0 Å². The summed E-state index contributed by atoms with van der Waals surface area (Å²) >= 11 is 6.51. The van der Waals surface area contributed by atoms with Crippen LogP contribution in [0.1, 0.15) is 22.1 Å². The lowest BCUT2D eigenvalue weighted by molar-refractivity contribution is 0.357. The molecule has 1 heterocycles. The molecule has 1 aliphatic heterocycles. The van der Waals surface area contributed by atoms with Crippen LogP contribution in [0.3, 0.4) is 0 Å². The summed E-state index contributed by atoms with van der Waals surface area (Å²) < 4.78 is 28.4. The summed E-state index contributed by atoms with van der Waals surface area (Å²) in [5.74, 6) is 0.926. The molecule has 0 saturated carbocycles. The fourth-order valence-electron chi connectivity index (χ4n) is 2.44. The molecule has 0 radical (unpaired) electrons. The predicted octanol–water partition coefficient (Wildman–Crippen LogP) is 3.35. The Balaban J connectivity index is 1.90. The largest absolute Gasteiger partial charge is 0.493 e. The monoisotopic (exact) mass is 322 g/mol. The molecule has 2 aromatic rings. The molecule has 0 fully saturated rings. The molecule has 0 bridgehead atoms. The highest BCUT2D eigenvalue weighted by molar-refractivity contribution is 7.90. The molecule has 1 aliphatic rings. The summed E-state index contributed by atoms with van der Waals surface area (Å²) in [6.07, 6.45) is 2.10. The Morgan fingerprint density at radius 1 is 1.10 bits per heavy atom. The van der Waals surface area contributed by atoms with E-state index in [2.05, 4.69) is 6.07 Å². The van der Waals surface area contributed by atoms with E-state index in [4.69, 9.17) is 16.3 Å². The van der Waals surface area contributed by atoms with Gasteiger partial charge in [0.05, 0.1) is 16.9 Å². The van der Waals surface area contributed by atoms with Gasteiger partial charge in [-0.05, 0) is 34.9 Å². The molecule has 1 unspecified atom stereocenters. The van der Waals surface area contributed by atoms with Gasteiger partial charge in [-0.15, -0.1) is 11.6 Å². The van der Waals surface area contributed by atoms with Gasteiger partial charge in [-0.25, -0.2) is 8.42 Å². The molecule has 0 aromatic heterocycles. The molecule has 110 valence electrons. The SMILES string of the molecule is CS(=O)(=O)c1ccc(C(Cl)c2ccc3c(c2)CCO3)cc1. The topological polar surface area (TPSA) is 43.4 Å². The number of sulfone groups is 1. The lowest BCUT2D eigenvalue weighted by Gasteiger charge is -2.12. The van der Waals surface area contributed by atoms with Crippen LogP contribution in [0.15, 0.2) is 47.4 Å². The van der Waals surface area contributed by atoms with Crippen molar-refractivity contribution in [3.05, 3.63) is 59.2 Å². The van der Waals surface area contributed by atoms with Crippen molar-refractivity contribution in [3.8, 4) is 5.75 Å². The van der Waals surface area contributed by atoms with Crippen LogP contribution in [0.4, 0.5) is 0 Å². The van der Waals surface area contributed by atoms with Crippen molar-refractivity contribution >= 4 is 21.4 Å². The Labute approximate surface area is 129 Å². The van der Waals surface area contributed by atoms with Gasteiger partial charge in [0.15, 0.2) is 9.84 Å². The second kappa shape index (κ2) is 5.35. The van der Waals surface area contributed by atoms with E-state index in [9.17, 15) is 8.42 Å². The average molecular weight is 323 g/mol. The number of alkyl halides is 1. The van der Waals surface area contributed by atoms with Crippen molar-refractivity contribution < 1.29 is 13.2 Å². The molecular weight excluding hydrogens is 308 g/mol. The van der Waals surface area contributed by atoms with E-state index in [1.165, 1.54) is 11.8 Å². The van der Waals surface area contributed by atoms with Gasteiger partial charge in [-0.3, -0.25) is 0 Å². The van der Waals surface area contributed by atoms with Gasteiger partial charge in [0.25, 0.3) is 0 Å². The molecule has 3 rings (SSSR count). The van der Waals surface area contributed by atoms with Gasteiger partial charge < -0.3 is 4.74 Å². The van der Waals surface area contributed by atoms with Crippen molar-refractivity contribution in [2.45, 2.75) is 16.7 Å². The molecule has 5 heteroatoms. The minimum Gasteiger partial charge on any atom is -0.493 e. The quantitative estimate of drug-likeness (QED) is 0.814. The third kappa shape index (κ3) is 2.92. The number of hydrogen-bond acceptors (Lipinski definition) is 3. The molecule has 2 aromatic carbocycles. The third-order valence-corrected chi connectivity index (χ3v) is 5.24. The Morgan fingerprint density at radius 3 is 2.43 bits per heavy atom. The molecule has 1 atom stereocenters. The van der Waals surface area contributed by atoms with Crippen molar-refractivity contribution in [1.29, 1.82) is 0 Å². The first-order chi connectivity index (χ1) is 9.95. The Kier molecular flexibility index (Phi) is 3.68. The number of ether oxygens (including phenoxy) is 1. The Bertz CT molecular complexity index is 767. The van der Waals surface area contributed by atoms with Crippen molar-refractivity contribution in [2.75, 3.05) is 12.9 Å². The Hall–Kier alpha value is -1.52. The maximum Gasteiger partial charge on any atom is 0.175 e. The summed E-state index contributed by atoms with van der Waals surface area (Å²) in [4.78, 5) is 0.303. The molecule has 0 saturated heterocycles. The molecule has 0 amide bonds. The van der Waals surface area contributed by atoms with Crippen molar-refractivity contribution in [1.82, 2.24) is 0 Å². The summed E-state index contributed by atoms with van der Waals surface area (Å²) in [5, 5.41) is -0.301. The van der Waals surface area contributed by atoms with Gasteiger partial charge >= 0.3 is 0 Å². The first-order valence-corrected chi connectivity index (χ1v) is 8.97. The van der Waals surface area contributed by atoms with Gasteiger partial charge in [0.1, 0.15) is 5.75 Å². The molecule has 0 N–H and O–H groups in total. The van der Waals surface area contributed by atoms with Crippen molar-refractivity contribution in [3.63, 3.8) is 0 Å². The fraction of sp³-hybridized carbons (Fsp3) is 0.250. The minimum atomic E-state index is -3.18. The first kappa shape index (κ1) is 14.4. The summed E-state index contributed by atoms with van der Waals surface area (Å²) in [6.45, 7) is 0.717. The van der Waals surface area contributed by atoms with E-state index in [0.717, 1.165) is 29.9 Å². The number of halogens is 1. The first-order valence-electron chi connectivity index (χ1n) is 6.65. The third-order valence-electron chi connectivity index (χ3n) is 3.61. The van der Waals surface area contributed by atoms with E-state index in [1.54, 1.807) is 24.3 Å². The fourth-order valence-corrected chi connectivity index (χ4v) is 3.35. The van der Waals surface area contributed by atoms with E-state index >= 15 is 0 Å². The molecule has 0 spiro atoms. The standard InChI is InChI=1S/C16H15ClO3S/c1-21(18,19)14-5-2-11(3-6-14)16(17)13-4-7-15-12(10-13)8-9-20-15/h2-7,10,16H,8-9H2,1H3. The lowest BCUT2D eigenvalue weighted by Crippen LogP contribution is -1.99. The van der Waals surface area contributed by atoms with Gasteiger partial charge in [0, 0.05) is 12.7 Å². The van der Waals surface area contributed by atoms with E-state index in [1.807, 2.05) is 12.1 Å². The minimum absolute atomic E-state index is 0.301. The second-order valence-corrected chi connectivity index (χ2v) is 7.62. The number of fused-ring (bicyclic) bond motifs is 1. The molecular formula is C16H15ClO3S. The van der Waals surface area contributed by atoms with E-state index in [-0.39, 0.29) is 5.38 Å². The van der Waals surface area contributed by atoms with Crippen LogP contribution >= 0.6 is 11.6 Å². The van der Waals surface area contributed by atoms with Crippen LogP contribution < -0.4 is 4.74 Å². The molecule has 0 aliphatic carbocycles. The van der Waals surface area contributed by atoms with Crippen LogP contribution in [0, 0.1) is 0 Å². The zero-order valence-electron chi connectivity index (χ0n) is 11.5. The smallest absolute Gasteiger partial charge is 0.175 e. The van der Waals surface area contributed by atoms with Crippen LogP contribution in [0.25, 0.3) is 0 Å². The van der Waals surface area contributed by atoms with Gasteiger partial charge in [-0.2, -0.15) is 0 Å². The number of benzene rings is 2. The van der Waals surface area contributed by atoms with Crippen molar-refractivity contribution in [2.24, 2.45) is 0 Å². The lowest BCUT2D eigenvalue weighted by atomic mass is 10.0. The highest BCUT2D eigenvalue weighted by Crippen LogP contribution is 2.34. The predicted molar refractivity (Wildman–Crippen MR) is 82.9 cm³/mol. The van der Waals surface area contributed by atoms with Crippen LogP contribution in [-0.4, -0.2) is 21.3 Å². The van der Waals surface area contributed by atoms with Crippen LogP contribution in [-0.2, 0) is 16.3 Å². The normalized spacial score (nSPS) is 15.3. The van der Waals surface area contributed by atoms with E-state index < -0.39 is 9.84 Å². The average Bonchev–Trinajstić information content (AvgIpc) is 2.93. The Morgan fingerprint density at radius 2 is 1.76 bits per heavy atom. The van der Waals surface area contributed by atoms with Gasteiger partial charge in [-0.1, -0.05) is 24.3 Å². The zero-order chi connectivity index (χ0) is 15.0. The summed E-state index contributed by atoms with van der Waals surface area (Å²) in [6, 6.07) is 12.7. The number of hydrogen-bond donors (Lipinski definition) is 0. The molecule has 3 nitrogen and oxygen atoms in total. The second-order valence-electron chi connectivity index (χ2n) is 5.17. The maximum atomic E-state index is 11.5. The summed E-state index contributed by atoms with van der Waals surface area (Å²) in [7, 11) is -3.18. The highest BCUT2D eigenvalue weighted by atomic mass is 35.5. The number of rotatable bonds is 3.